The zero-order valence-electron chi connectivity index (χ0n) is 12.8. The lowest BCUT2D eigenvalue weighted by Gasteiger charge is -2.56. The van der Waals surface area contributed by atoms with Gasteiger partial charge in [0.25, 0.3) is 0 Å². The second-order valence-corrected chi connectivity index (χ2v) is 7.96. The van der Waals surface area contributed by atoms with Gasteiger partial charge in [-0.2, -0.15) is 0 Å². The molecule has 0 N–H and O–H groups in total. The van der Waals surface area contributed by atoms with Gasteiger partial charge in [0.1, 0.15) is 0 Å². The smallest absolute Gasteiger partial charge is 0.155 e. The van der Waals surface area contributed by atoms with Crippen LogP contribution in [-0.4, -0.2) is 18.0 Å². The summed E-state index contributed by atoms with van der Waals surface area (Å²) in [6, 6.07) is 0. The fraction of sp³-hybridized carbons (Fsp3) is 0.833. The van der Waals surface area contributed by atoms with Gasteiger partial charge in [-0.25, -0.2) is 0 Å². The standard InChI is InChI=1S/C18H26O2/c1-17-8-5-13(19)11-12(17)3-4-14-15(17)6-9-18(2)16(14)7-10-20-18/h11,14-16H,3-10H2,1-2H3/t14-,15+,16+,17+,18+/m1/s1. The van der Waals surface area contributed by atoms with Crippen LogP contribution in [-0.2, 0) is 9.53 Å². The molecule has 0 aromatic rings. The molecule has 0 spiro atoms. The molecule has 3 aliphatic carbocycles. The molecule has 0 aromatic heterocycles. The molecule has 0 amide bonds. The molecule has 0 radical (unpaired) electrons. The van der Waals surface area contributed by atoms with Crippen LogP contribution in [0.4, 0.5) is 0 Å². The number of carbonyl (C=O) groups excluding carboxylic acids is 1. The molecule has 1 heterocycles. The molecule has 0 bridgehead atoms. The lowest BCUT2D eigenvalue weighted by atomic mass is 9.49. The Morgan fingerprint density at radius 2 is 1.95 bits per heavy atom. The minimum absolute atomic E-state index is 0.156. The first-order valence-electron chi connectivity index (χ1n) is 8.41. The Morgan fingerprint density at radius 1 is 1.10 bits per heavy atom. The third kappa shape index (κ3) is 1.63. The van der Waals surface area contributed by atoms with Crippen molar-refractivity contribution in [3.8, 4) is 0 Å². The van der Waals surface area contributed by atoms with E-state index in [0.29, 0.717) is 11.2 Å². The molecule has 4 aliphatic rings. The van der Waals surface area contributed by atoms with E-state index >= 15 is 0 Å². The van der Waals surface area contributed by atoms with Crippen LogP contribution < -0.4 is 0 Å². The summed E-state index contributed by atoms with van der Waals surface area (Å²) in [6.07, 6.45) is 10.0. The molecule has 1 aliphatic heterocycles. The summed E-state index contributed by atoms with van der Waals surface area (Å²) in [7, 11) is 0. The Labute approximate surface area is 122 Å². The summed E-state index contributed by atoms with van der Waals surface area (Å²) < 4.78 is 6.11. The van der Waals surface area contributed by atoms with Gasteiger partial charge in [-0.15, -0.1) is 0 Å². The molecule has 20 heavy (non-hydrogen) atoms. The monoisotopic (exact) mass is 274 g/mol. The summed E-state index contributed by atoms with van der Waals surface area (Å²) in [5.74, 6) is 2.74. The van der Waals surface area contributed by atoms with E-state index in [1.807, 2.05) is 6.08 Å². The summed E-state index contributed by atoms with van der Waals surface area (Å²) in [6.45, 7) is 5.75. The first-order chi connectivity index (χ1) is 9.53. The molecule has 4 rings (SSSR count). The normalized spacial score (nSPS) is 51.0. The van der Waals surface area contributed by atoms with Crippen molar-refractivity contribution in [2.24, 2.45) is 23.2 Å². The molecule has 3 fully saturated rings. The van der Waals surface area contributed by atoms with Gasteiger partial charge >= 0.3 is 0 Å². The van der Waals surface area contributed by atoms with E-state index in [4.69, 9.17) is 4.74 Å². The Morgan fingerprint density at radius 3 is 2.80 bits per heavy atom. The van der Waals surface area contributed by atoms with Gasteiger partial charge in [0.15, 0.2) is 5.78 Å². The van der Waals surface area contributed by atoms with Gasteiger partial charge < -0.3 is 4.74 Å². The molecule has 2 nitrogen and oxygen atoms in total. The first-order valence-corrected chi connectivity index (χ1v) is 8.41. The number of hydrogen-bond acceptors (Lipinski definition) is 2. The van der Waals surface area contributed by atoms with Gasteiger partial charge in [-0.1, -0.05) is 12.5 Å². The van der Waals surface area contributed by atoms with Crippen molar-refractivity contribution in [3.63, 3.8) is 0 Å². The van der Waals surface area contributed by atoms with Gasteiger partial charge in [-0.05, 0) is 74.7 Å². The van der Waals surface area contributed by atoms with Crippen molar-refractivity contribution in [2.45, 2.75) is 64.4 Å². The van der Waals surface area contributed by atoms with Gasteiger partial charge in [0, 0.05) is 13.0 Å². The van der Waals surface area contributed by atoms with E-state index in [1.54, 1.807) is 0 Å². The van der Waals surface area contributed by atoms with Crippen LogP contribution in [0.2, 0.25) is 0 Å². The minimum Gasteiger partial charge on any atom is -0.375 e. The van der Waals surface area contributed by atoms with Gasteiger partial charge in [0.2, 0.25) is 0 Å². The SMILES string of the molecule is C[C@]12CCC(=O)C=C1CC[C@@H]1[C@@H]2CC[C@]2(C)OCC[C@@H]12. The average Bonchev–Trinajstić information content (AvgIpc) is 2.81. The number of ether oxygens (including phenoxy) is 1. The fourth-order valence-electron chi connectivity index (χ4n) is 5.96. The molecule has 0 aromatic carbocycles. The van der Waals surface area contributed by atoms with Crippen molar-refractivity contribution in [2.75, 3.05) is 6.61 Å². The highest BCUT2D eigenvalue weighted by Crippen LogP contribution is 2.61. The zero-order valence-corrected chi connectivity index (χ0v) is 12.8. The minimum atomic E-state index is 0.156. The van der Waals surface area contributed by atoms with Crippen molar-refractivity contribution in [1.29, 1.82) is 0 Å². The molecule has 2 saturated carbocycles. The van der Waals surface area contributed by atoms with E-state index in [9.17, 15) is 4.79 Å². The van der Waals surface area contributed by atoms with Gasteiger partial charge in [-0.3, -0.25) is 4.79 Å². The molecule has 110 valence electrons. The fourth-order valence-corrected chi connectivity index (χ4v) is 5.96. The van der Waals surface area contributed by atoms with Crippen molar-refractivity contribution < 1.29 is 9.53 Å². The number of hydrogen-bond donors (Lipinski definition) is 0. The van der Waals surface area contributed by atoms with E-state index in [0.717, 1.165) is 43.6 Å². The quantitative estimate of drug-likeness (QED) is 0.669. The van der Waals surface area contributed by atoms with Crippen LogP contribution in [0.15, 0.2) is 11.6 Å². The van der Waals surface area contributed by atoms with Crippen LogP contribution in [0.5, 0.6) is 0 Å². The first kappa shape index (κ1) is 13.1. The summed E-state index contributed by atoms with van der Waals surface area (Å²) >= 11 is 0. The number of rotatable bonds is 0. The van der Waals surface area contributed by atoms with E-state index < -0.39 is 0 Å². The number of allylic oxidation sites excluding steroid dienone is 2. The van der Waals surface area contributed by atoms with Crippen LogP contribution >= 0.6 is 0 Å². The highest BCUT2D eigenvalue weighted by Gasteiger charge is 2.56. The highest BCUT2D eigenvalue weighted by atomic mass is 16.5. The average molecular weight is 274 g/mol. The van der Waals surface area contributed by atoms with Crippen LogP contribution in [0, 0.1) is 23.2 Å². The topological polar surface area (TPSA) is 26.3 Å². The van der Waals surface area contributed by atoms with Crippen LogP contribution in [0.1, 0.15) is 58.8 Å². The molecule has 5 atom stereocenters. The van der Waals surface area contributed by atoms with Gasteiger partial charge in [0.05, 0.1) is 5.60 Å². The molecule has 2 heteroatoms. The third-order valence-electron chi connectivity index (χ3n) is 7.16. The summed E-state index contributed by atoms with van der Waals surface area (Å²) in [5, 5.41) is 0. The molecule has 0 unspecified atom stereocenters. The van der Waals surface area contributed by atoms with Crippen molar-refractivity contribution >= 4 is 5.78 Å². The number of carbonyl (C=O) groups is 1. The highest BCUT2D eigenvalue weighted by molar-refractivity contribution is 5.91. The second-order valence-electron chi connectivity index (χ2n) is 7.96. The second kappa shape index (κ2) is 4.19. The molecular formula is C18H26O2. The van der Waals surface area contributed by atoms with E-state index in [-0.39, 0.29) is 5.60 Å². The number of fused-ring (bicyclic) bond motifs is 5. The largest absolute Gasteiger partial charge is 0.375 e. The Bertz CT molecular complexity index is 480. The maximum atomic E-state index is 11.8. The lowest BCUT2D eigenvalue weighted by molar-refractivity contribution is -0.119. The maximum absolute atomic E-state index is 11.8. The molecular weight excluding hydrogens is 248 g/mol. The maximum Gasteiger partial charge on any atom is 0.155 e. The zero-order chi connectivity index (χ0) is 14.0. The Kier molecular flexibility index (Phi) is 2.74. The number of ketones is 1. The Balaban J connectivity index is 1.69. The van der Waals surface area contributed by atoms with Crippen LogP contribution in [0.25, 0.3) is 0 Å². The van der Waals surface area contributed by atoms with Crippen molar-refractivity contribution in [3.05, 3.63) is 11.6 Å². The molecule has 1 saturated heterocycles. The Hall–Kier alpha value is -0.630. The summed E-state index contributed by atoms with van der Waals surface area (Å²) in [5.41, 5.74) is 1.93. The third-order valence-corrected chi connectivity index (χ3v) is 7.16. The predicted molar refractivity (Wildman–Crippen MR) is 78.3 cm³/mol. The van der Waals surface area contributed by atoms with E-state index in [1.165, 1.54) is 31.3 Å². The van der Waals surface area contributed by atoms with Crippen LogP contribution in [0.3, 0.4) is 0 Å². The lowest BCUT2D eigenvalue weighted by Crippen LogP contribution is -2.52. The van der Waals surface area contributed by atoms with Crippen molar-refractivity contribution in [1.82, 2.24) is 0 Å². The predicted octanol–water partition coefficient (Wildman–Crippen LogP) is 3.90. The van der Waals surface area contributed by atoms with E-state index in [2.05, 4.69) is 13.8 Å². The summed E-state index contributed by atoms with van der Waals surface area (Å²) in [4.78, 5) is 11.8.